The zero-order valence-electron chi connectivity index (χ0n) is 8.96. The van der Waals surface area contributed by atoms with Crippen LogP contribution in [-0.2, 0) is 12.8 Å². The zero-order chi connectivity index (χ0) is 10.3. The molecule has 1 aliphatic carbocycles. The predicted octanol–water partition coefficient (Wildman–Crippen LogP) is 3.76. The monoisotopic (exact) mass is 194 g/mol. The summed E-state index contributed by atoms with van der Waals surface area (Å²) in [7, 11) is 0. The molecule has 0 fully saturated rings. The molecule has 0 aliphatic heterocycles. The molecule has 0 N–H and O–H groups in total. The van der Waals surface area contributed by atoms with Gasteiger partial charge in [-0.15, -0.1) is 0 Å². The maximum Gasteiger partial charge on any atom is -0.0146 e. The van der Waals surface area contributed by atoms with E-state index in [0.29, 0.717) is 0 Å². The fourth-order valence-corrected chi connectivity index (χ4v) is 2.43. The molecule has 0 heteroatoms. The highest BCUT2D eigenvalue weighted by Gasteiger charge is 2.14. The number of fused-ring (bicyclic) bond motifs is 3. The van der Waals surface area contributed by atoms with E-state index in [1.807, 2.05) is 0 Å². The Labute approximate surface area is 90.6 Å². The van der Waals surface area contributed by atoms with Crippen molar-refractivity contribution in [2.24, 2.45) is 0 Å². The highest BCUT2D eigenvalue weighted by molar-refractivity contribution is 5.73. The van der Waals surface area contributed by atoms with Crippen LogP contribution in [0, 0.1) is 6.92 Å². The summed E-state index contributed by atoms with van der Waals surface area (Å²) in [6.45, 7) is 2.16. The Kier molecular flexibility index (Phi) is 1.88. The van der Waals surface area contributed by atoms with Gasteiger partial charge in [0.15, 0.2) is 0 Å². The van der Waals surface area contributed by atoms with Gasteiger partial charge < -0.3 is 0 Å². The molecule has 2 aromatic rings. The lowest BCUT2D eigenvalue weighted by atomic mass is 9.85. The maximum atomic E-state index is 2.31. The van der Waals surface area contributed by atoms with Crippen molar-refractivity contribution in [3.63, 3.8) is 0 Å². The molecular weight excluding hydrogens is 180 g/mol. The molecule has 0 radical (unpaired) electrons. The lowest BCUT2D eigenvalue weighted by Crippen LogP contribution is -2.03. The Hall–Kier alpha value is -1.56. The van der Waals surface area contributed by atoms with E-state index >= 15 is 0 Å². The quantitative estimate of drug-likeness (QED) is 0.599. The number of rotatable bonds is 0. The van der Waals surface area contributed by atoms with Crippen molar-refractivity contribution in [1.29, 1.82) is 0 Å². The van der Waals surface area contributed by atoms with E-state index in [1.54, 1.807) is 0 Å². The third-order valence-electron chi connectivity index (χ3n) is 3.24. The van der Waals surface area contributed by atoms with E-state index in [4.69, 9.17) is 0 Å². The van der Waals surface area contributed by atoms with Gasteiger partial charge in [-0.2, -0.15) is 0 Å². The van der Waals surface area contributed by atoms with Gasteiger partial charge in [-0.1, -0.05) is 48.0 Å². The van der Waals surface area contributed by atoms with Crippen LogP contribution in [0.3, 0.4) is 0 Å². The van der Waals surface area contributed by atoms with Gasteiger partial charge in [-0.25, -0.2) is 0 Å². The van der Waals surface area contributed by atoms with E-state index in [0.717, 1.165) is 0 Å². The molecule has 0 amide bonds. The van der Waals surface area contributed by atoms with Crippen LogP contribution in [0.2, 0.25) is 0 Å². The first-order valence-electron chi connectivity index (χ1n) is 5.52. The Morgan fingerprint density at radius 1 is 0.800 bits per heavy atom. The molecule has 74 valence electrons. The van der Waals surface area contributed by atoms with Crippen molar-refractivity contribution in [2.75, 3.05) is 0 Å². The molecule has 2 aromatic carbocycles. The zero-order valence-corrected chi connectivity index (χ0v) is 8.96. The number of hydrogen-bond acceptors (Lipinski definition) is 0. The first-order chi connectivity index (χ1) is 7.34. The van der Waals surface area contributed by atoms with Gasteiger partial charge in [0.1, 0.15) is 0 Å². The minimum Gasteiger partial charge on any atom is -0.0620 e. The van der Waals surface area contributed by atoms with Crippen molar-refractivity contribution in [3.05, 3.63) is 59.2 Å². The van der Waals surface area contributed by atoms with Crippen LogP contribution in [0.15, 0.2) is 42.5 Å². The summed E-state index contributed by atoms with van der Waals surface area (Å²) < 4.78 is 0. The molecule has 3 rings (SSSR count). The van der Waals surface area contributed by atoms with Crippen molar-refractivity contribution < 1.29 is 0 Å². The molecule has 0 spiro atoms. The predicted molar refractivity (Wildman–Crippen MR) is 64.0 cm³/mol. The number of hydrogen-bond donors (Lipinski definition) is 0. The summed E-state index contributed by atoms with van der Waals surface area (Å²) in [5, 5.41) is 0. The Balaban J connectivity index is 2.28. The van der Waals surface area contributed by atoms with Crippen LogP contribution in [0.1, 0.15) is 16.7 Å². The van der Waals surface area contributed by atoms with Gasteiger partial charge in [0.25, 0.3) is 0 Å². The van der Waals surface area contributed by atoms with Crippen LogP contribution in [-0.4, -0.2) is 0 Å². The molecule has 0 heterocycles. The second-order valence-corrected chi connectivity index (χ2v) is 4.32. The van der Waals surface area contributed by atoms with Gasteiger partial charge >= 0.3 is 0 Å². The van der Waals surface area contributed by atoms with Gasteiger partial charge in [0.05, 0.1) is 0 Å². The Bertz CT molecular complexity index is 509. The summed E-state index contributed by atoms with van der Waals surface area (Å²) >= 11 is 0. The number of benzene rings is 2. The molecule has 0 aromatic heterocycles. The molecule has 0 atom stereocenters. The van der Waals surface area contributed by atoms with E-state index < -0.39 is 0 Å². The molecule has 0 saturated carbocycles. The van der Waals surface area contributed by atoms with Gasteiger partial charge in [-0.3, -0.25) is 0 Å². The van der Waals surface area contributed by atoms with Gasteiger partial charge in [0.2, 0.25) is 0 Å². The lowest BCUT2D eigenvalue weighted by Gasteiger charge is -2.19. The molecule has 0 bridgehead atoms. The molecule has 1 aliphatic rings. The van der Waals surface area contributed by atoms with Crippen molar-refractivity contribution in [2.45, 2.75) is 19.8 Å². The average Bonchev–Trinajstić information content (AvgIpc) is 2.29. The summed E-state index contributed by atoms with van der Waals surface area (Å²) in [5.41, 5.74) is 7.22. The fourth-order valence-electron chi connectivity index (χ4n) is 2.43. The summed E-state index contributed by atoms with van der Waals surface area (Å²) in [6, 6.07) is 15.6. The Morgan fingerprint density at radius 3 is 2.40 bits per heavy atom. The smallest absolute Gasteiger partial charge is 0.0146 e. The maximum absolute atomic E-state index is 2.31. The lowest BCUT2D eigenvalue weighted by molar-refractivity contribution is 0.941. The second kappa shape index (κ2) is 3.23. The SMILES string of the molecule is Cc1ccc2c(c1)-c1ccccc1CC2. The van der Waals surface area contributed by atoms with Crippen LogP contribution in [0.25, 0.3) is 11.1 Å². The first-order valence-corrected chi connectivity index (χ1v) is 5.52. The highest BCUT2D eigenvalue weighted by atomic mass is 14.2. The summed E-state index contributed by atoms with van der Waals surface area (Å²) in [5.74, 6) is 0. The van der Waals surface area contributed by atoms with E-state index in [-0.39, 0.29) is 0 Å². The second-order valence-electron chi connectivity index (χ2n) is 4.32. The molecule has 0 unspecified atom stereocenters. The van der Waals surface area contributed by atoms with E-state index in [2.05, 4.69) is 49.4 Å². The van der Waals surface area contributed by atoms with Crippen molar-refractivity contribution in [1.82, 2.24) is 0 Å². The average molecular weight is 194 g/mol. The Morgan fingerprint density at radius 2 is 1.53 bits per heavy atom. The first kappa shape index (κ1) is 8.72. The molecular formula is C15H14. The van der Waals surface area contributed by atoms with Crippen LogP contribution in [0.5, 0.6) is 0 Å². The molecule has 0 nitrogen and oxygen atoms in total. The topological polar surface area (TPSA) is 0 Å². The minimum atomic E-state index is 1.19. The number of aryl methyl sites for hydroxylation is 3. The summed E-state index contributed by atoms with van der Waals surface area (Å²) in [6.07, 6.45) is 2.37. The van der Waals surface area contributed by atoms with Crippen LogP contribution in [0.4, 0.5) is 0 Å². The third-order valence-corrected chi connectivity index (χ3v) is 3.24. The fraction of sp³-hybridized carbons (Fsp3) is 0.200. The van der Waals surface area contributed by atoms with Crippen molar-refractivity contribution in [3.8, 4) is 11.1 Å². The van der Waals surface area contributed by atoms with Gasteiger partial charge in [-0.05, 0) is 42.0 Å². The van der Waals surface area contributed by atoms with Crippen molar-refractivity contribution >= 4 is 0 Å². The van der Waals surface area contributed by atoms with Crippen LogP contribution < -0.4 is 0 Å². The molecule has 15 heavy (non-hydrogen) atoms. The highest BCUT2D eigenvalue weighted by Crippen LogP contribution is 2.33. The van der Waals surface area contributed by atoms with E-state index in [9.17, 15) is 0 Å². The standard InChI is InChI=1S/C15H14/c1-11-6-7-13-9-8-12-4-2-3-5-14(12)15(13)10-11/h2-7,10H,8-9H2,1H3. The third kappa shape index (κ3) is 1.37. The molecule has 0 saturated heterocycles. The largest absolute Gasteiger partial charge is 0.0620 e. The summed E-state index contributed by atoms with van der Waals surface area (Å²) in [4.78, 5) is 0. The van der Waals surface area contributed by atoms with Gasteiger partial charge in [0, 0.05) is 0 Å². The minimum absolute atomic E-state index is 1.19. The normalized spacial score (nSPS) is 13.1. The van der Waals surface area contributed by atoms with E-state index in [1.165, 1.54) is 40.7 Å². The van der Waals surface area contributed by atoms with Crippen LogP contribution >= 0.6 is 0 Å².